The molecule has 0 saturated heterocycles. The van der Waals surface area contributed by atoms with Gasteiger partial charge in [0.2, 0.25) is 20.0 Å². The lowest BCUT2D eigenvalue weighted by atomic mass is 10.5. The fraction of sp³-hybridized carbons (Fsp3) is 0.800. The largest absolute Gasteiger partial charge is 0.480 e. The Bertz CT molecular complexity index is 411. The molecule has 0 saturated carbocycles. The second-order valence-electron chi connectivity index (χ2n) is 2.77. The van der Waals surface area contributed by atoms with E-state index in [0.717, 1.165) is 0 Å². The van der Waals surface area contributed by atoms with E-state index in [0.29, 0.717) is 0 Å². The minimum Gasteiger partial charge on any atom is -0.480 e. The molecule has 0 atom stereocenters. The quantitative estimate of drug-likeness (QED) is 0.438. The van der Waals surface area contributed by atoms with Crippen LogP contribution in [0.5, 0.6) is 0 Å². The summed E-state index contributed by atoms with van der Waals surface area (Å²) in [5.41, 5.74) is 0. The van der Waals surface area contributed by atoms with Crippen LogP contribution in [0.2, 0.25) is 0 Å². The fourth-order valence-corrected chi connectivity index (χ4v) is 2.14. The van der Waals surface area contributed by atoms with Crippen LogP contribution in [0.25, 0.3) is 0 Å². The summed E-state index contributed by atoms with van der Waals surface area (Å²) in [4.78, 5) is 10.1. The molecule has 0 spiro atoms. The summed E-state index contributed by atoms with van der Waals surface area (Å²) in [5, 5.41) is 12.9. The number of primary sulfonamides is 1. The Morgan fingerprint density at radius 3 is 2.20 bits per heavy atom. The summed E-state index contributed by atoms with van der Waals surface area (Å²) in [5.74, 6) is -2.88. The zero-order valence-electron chi connectivity index (χ0n) is 7.71. The smallest absolute Gasteiger partial charge is 0.320 e. The van der Waals surface area contributed by atoms with E-state index in [4.69, 9.17) is 5.11 Å². The molecule has 0 bridgehead atoms. The number of carbonyl (C=O) groups is 1. The number of nitrogens with one attached hydrogen (secondary N) is 1. The molecule has 0 aromatic rings. The highest BCUT2D eigenvalue weighted by atomic mass is 32.2. The number of carboxylic acid groups (broad SMARTS) is 1. The highest BCUT2D eigenvalue weighted by molar-refractivity contribution is 7.90. The lowest BCUT2D eigenvalue weighted by Crippen LogP contribution is -2.32. The van der Waals surface area contributed by atoms with E-state index in [2.05, 4.69) is 5.14 Å². The molecule has 0 amide bonds. The molecule has 90 valence electrons. The van der Waals surface area contributed by atoms with Gasteiger partial charge >= 0.3 is 5.97 Å². The first-order chi connectivity index (χ1) is 6.62. The SMILES string of the molecule is NS(=O)(=O)CCCNS(=O)(=O)CC(=O)O. The molecule has 0 aliphatic carbocycles. The van der Waals surface area contributed by atoms with E-state index in [-0.39, 0.29) is 18.7 Å². The monoisotopic (exact) mass is 260 g/mol. The number of nitrogens with two attached hydrogens (primary N) is 1. The normalized spacial score (nSPS) is 12.6. The van der Waals surface area contributed by atoms with E-state index >= 15 is 0 Å². The van der Waals surface area contributed by atoms with Gasteiger partial charge in [0.25, 0.3) is 0 Å². The van der Waals surface area contributed by atoms with Crippen molar-refractivity contribution in [3.8, 4) is 0 Å². The third-order valence-corrected chi connectivity index (χ3v) is 3.37. The average Bonchev–Trinajstić information content (AvgIpc) is 1.93. The molecule has 15 heavy (non-hydrogen) atoms. The summed E-state index contributed by atoms with van der Waals surface area (Å²) >= 11 is 0. The van der Waals surface area contributed by atoms with Gasteiger partial charge in [0, 0.05) is 6.54 Å². The van der Waals surface area contributed by atoms with Crippen LogP contribution in [0.15, 0.2) is 0 Å². The molecule has 4 N–H and O–H groups in total. The highest BCUT2D eigenvalue weighted by Gasteiger charge is 2.14. The number of rotatable bonds is 7. The average molecular weight is 260 g/mol. The fourth-order valence-electron chi connectivity index (χ4n) is 0.715. The first kappa shape index (κ1) is 14.3. The summed E-state index contributed by atoms with van der Waals surface area (Å²) in [6, 6.07) is 0. The Hall–Kier alpha value is -0.710. The molecule has 0 aliphatic rings. The van der Waals surface area contributed by atoms with Gasteiger partial charge in [-0.1, -0.05) is 0 Å². The third kappa shape index (κ3) is 9.59. The van der Waals surface area contributed by atoms with Crippen molar-refractivity contribution >= 4 is 26.0 Å². The molecule has 10 heteroatoms. The molecule has 0 aromatic carbocycles. The molecular formula is C5H12N2O6S2. The van der Waals surface area contributed by atoms with Gasteiger partial charge in [-0.2, -0.15) is 0 Å². The third-order valence-electron chi connectivity index (χ3n) is 1.24. The topological polar surface area (TPSA) is 144 Å². The Morgan fingerprint density at radius 1 is 1.27 bits per heavy atom. The lowest BCUT2D eigenvalue weighted by molar-refractivity contribution is -0.134. The van der Waals surface area contributed by atoms with Crippen LogP contribution in [0, 0.1) is 0 Å². The van der Waals surface area contributed by atoms with Crippen LogP contribution in [-0.2, 0) is 24.8 Å². The van der Waals surface area contributed by atoms with Crippen molar-refractivity contribution in [3.05, 3.63) is 0 Å². The number of hydrogen-bond acceptors (Lipinski definition) is 5. The Kier molecular flexibility index (Phi) is 5.14. The van der Waals surface area contributed by atoms with Crippen molar-refractivity contribution in [1.82, 2.24) is 4.72 Å². The molecule has 0 rings (SSSR count). The predicted molar refractivity (Wildman–Crippen MR) is 52.0 cm³/mol. The Labute approximate surface area is 87.6 Å². The van der Waals surface area contributed by atoms with Gasteiger partial charge in [-0.25, -0.2) is 26.7 Å². The van der Waals surface area contributed by atoms with E-state index < -0.39 is 31.8 Å². The van der Waals surface area contributed by atoms with Crippen LogP contribution in [-0.4, -0.2) is 46.0 Å². The van der Waals surface area contributed by atoms with Gasteiger partial charge in [-0.15, -0.1) is 0 Å². The summed E-state index contributed by atoms with van der Waals surface area (Å²) in [6.45, 7) is -0.161. The van der Waals surface area contributed by atoms with Crippen LogP contribution >= 0.6 is 0 Å². The molecule has 0 fully saturated rings. The Morgan fingerprint density at radius 2 is 1.80 bits per heavy atom. The van der Waals surface area contributed by atoms with Crippen LogP contribution < -0.4 is 9.86 Å². The van der Waals surface area contributed by atoms with E-state index in [1.165, 1.54) is 0 Å². The van der Waals surface area contributed by atoms with Crippen molar-refractivity contribution in [3.63, 3.8) is 0 Å². The van der Waals surface area contributed by atoms with Crippen LogP contribution in [0.4, 0.5) is 0 Å². The minimum absolute atomic E-state index is 0.00230. The first-order valence-electron chi connectivity index (χ1n) is 3.82. The van der Waals surface area contributed by atoms with Gasteiger partial charge in [0.05, 0.1) is 5.75 Å². The molecule has 0 aliphatic heterocycles. The van der Waals surface area contributed by atoms with Crippen LogP contribution in [0.3, 0.4) is 0 Å². The van der Waals surface area contributed by atoms with Crippen molar-refractivity contribution < 1.29 is 26.7 Å². The number of carboxylic acids is 1. The highest BCUT2D eigenvalue weighted by Crippen LogP contribution is 1.88. The van der Waals surface area contributed by atoms with E-state index in [9.17, 15) is 21.6 Å². The predicted octanol–water partition coefficient (Wildman–Crippen LogP) is -2.33. The van der Waals surface area contributed by atoms with Gasteiger partial charge in [-0.3, -0.25) is 4.79 Å². The maximum Gasteiger partial charge on any atom is 0.320 e. The van der Waals surface area contributed by atoms with Gasteiger partial charge < -0.3 is 5.11 Å². The number of sulfonamides is 2. The molecule has 0 unspecified atom stereocenters. The van der Waals surface area contributed by atoms with E-state index in [1.54, 1.807) is 0 Å². The first-order valence-corrected chi connectivity index (χ1v) is 7.19. The molecular weight excluding hydrogens is 248 g/mol. The summed E-state index contributed by atoms with van der Waals surface area (Å²) in [7, 11) is -7.50. The minimum atomic E-state index is -3.88. The molecule has 8 nitrogen and oxygen atoms in total. The standard InChI is InChI=1S/C5H12N2O6S2/c6-14(10,11)3-1-2-7-15(12,13)4-5(8)9/h7H,1-4H2,(H,8,9)(H2,6,10,11). The summed E-state index contributed by atoms with van der Waals surface area (Å²) < 4.78 is 44.6. The zero-order chi connectivity index (χ0) is 12.1. The van der Waals surface area contributed by atoms with Crippen molar-refractivity contribution in [2.45, 2.75) is 6.42 Å². The van der Waals surface area contributed by atoms with E-state index in [1.807, 2.05) is 4.72 Å². The van der Waals surface area contributed by atoms with Crippen molar-refractivity contribution in [2.75, 3.05) is 18.1 Å². The van der Waals surface area contributed by atoms with Gasteiger partial charge in [-0.05, 0) is 6.42 Å². The second-order valence-corrected chi connectivity index (χ2v) is 6.31. The maximum atomic E-state index is 10.9. The Balaban J connectivity index is 3.92. The van der Waals surface area contributed by atoms with Crippen molar-refractivity contribution in [2.24, 2.45) is 5.14 Å². The number of hydrogen-bond donors (Lipinski definition) is 3. The maximum absolute atomic E-state index is 10.9. The van der Waals surface area contributed by atoms with Gasteiger partial charge in [0.1, 0.15) is 0 Å². The second kappa shape index (κ2) is 5.39. The van der Waals surface area contributed by atoms with Gasteiger partial charge in [0.15, 0.2) is 5.75 Å². The van der Waals surface area contributed by atoms with Crippen LogP contribution in [0.1, 0.15) is 6.42 Å². The zero-order valence-corrected chi connectivity index (χ0v) is 9.34. The molecule has 0 heterocycles. The molecule has 0 aromatic heterocycles. The molecule has 0 radical (unpaired) electrons. The van der Waals surface area contributed by atoms with Crippen molar-refractivity contribution in [1.29, 1.82) is 0 Å². The lowest BCUT2D eigenvalue weighted by Gasteiger charge is -2.03. The number of aliphatic carboxylic acids is 1. The summed E-state index contributed by atoms with van der Waals surface area (Å²) in [6.07, 6.45) is -0.00230.